The zero-order valence-corrected chi connectivity index (χ0v) is 12.7. The molecule has 1 saturated heterocycles. The smallest absolute Gasteiger partial charge is 0.328 e. The van der Waals surface area contributed by atoms with Crippen LogP contribution in [-0.2, 0) is 25.5 Å². The minimum atomic E-state index is -0.544. The fourth-order valence-corrected chi connectivity index (χ4v) is 2.70. The van der Waals surface area contributed by atoms with Crippen molar-refractivity contribution in [1.82, 2.24) is 4.90 Å². The van der Waals surface area contributed by atoms with Crippen LogP contribution >= 0.6 is 0 Å². The topological polar surface area (TPSA) is 55.8 Å². The van der Waals surface area contributed by atoms with Gasteiger partial charge in [0, 0.05) is 20.1 Å². The summed E-state index contributed by atoms with van der Waals surface area (Å²) in [6.45, 7) is 2.42. The van der Waals surface area contributed by atoms with Crippen molar-refractivity contribution in [3.8, 4) is 0 Å². The molecular weight excluding hydrogens is 270 g/mol. The van der Waals surface area contributed by atoms with E-state index in [4.69, 9.17) is 9.47 Å². The second-order valence-corrected chi connectivity index (χ2v) is 5.34. The lowest BCUT2D eigenvalue weighted by atomic mass is 10.1. The Morgan fingerprint density at radius 3 is 2.71 bits per heavy atom. The molecular formula is C16H21NO4. The van der Waals surface area contributed by atoms with Crippen molar-refractivity contribution >= 4 is 11.9 Å². The molecule has 0 spiro atoms. The Morgan fingerprint density at radius 2 is 2.10 bits per heavy atom. The molecule has 114 valence electrons. The lowest BCUT2D eigenvalue weighted by Crippen LogP contribution is -2.42. The quantitative estimate of drug-likeness (QED) is 0.785. The molecule has 1 amide bonds. The van der Waals surface area contributed by atoms with Gasteiger partial charge in [-0.25, -0.2) is 4.79 Å². The van der Waals surface area contributed by atoms with Gasteiger partial charge in [0.1, 0.15) is 6.04 Å². The maximum atomic E-state index is 12.5. The van der Waals surface area contributed by atoms with Gasteiger partial charge in [-0.15, -0.1) is 0 Å². The second-order valence-electron chi connectivity index (χ2n) is 5.34. The number of rotatable bonds is 4. The van der Waals surface area contributed by atoms with E-state index in [0.717, 1.165) is 11.1 Å². The molecule has 5 nitrogen and oxygen atoms in total. The molecule has 0 saturated carbocycles. The van der Waals surface area contributed by atoms with E-state index in [1.54, 1.807) is 12.0 Å². The number of esters is 1. The first kappa shape index (κ1) is 15.5. The van der Waals surface area contributed by atoms with Gasteiger partial charge in [0.2, 0.25) is 5.91 Å². The summed E-state index contributed by atoms with van der Waals surface area (Å²) in [4.78, 5) is 25.9. The zero-order chi connectivity index (χ0) is 15.4. The molecule has 1 aliphatic rings. The molecule has 0 aliphatic carbocycles. The molecule has 5 heteroatoms. The van der Waals surface area contributed by atoms with Crippen LogP contribution < -0.4 is 0 Å². The van der Waals surface area contributed by atoms with Crippen LogP contribution in [0.1, 0.15) is 17.5 Å². The lowest BCUT2D eigenvalue weighted by molar-refractivity contribution is -0.150. The molecule has 0 unspecified atom stereocenters. The first-order valence-corrected chi connectivity index (χ1v) is 7.00. The Bertz CT molecular complexity index is 529. The highest BCUT2D eigenvalue weighted by molar-refractivity contribution is 5.86. The summed E-state index contributed by atoms with van der Waals surface area (Å²) in [7, 11) is 2.93. The van der Waals surface area contributed by atoms with Gasteiger partial charge >= 0.3 is 5.97 Å². The summed E-state index contributed by atoms with van der Waals surface area (Å²) in [5.41, 5.74) is 2.06. The Kier molecular flexibility index (Phi) is 4.96. The molecule has 0 aromatic heterocycles. The van der Waals surface area contributed by atoms with Crippen LogP contribution in [0.15, 0.2) is 24.3 Å². The highest BCUT2D eigenvalue weighted by Gasteiger charge is 2.40. The maximum Gasteiger partial charge on any atom is 0.328 e. The van der Waals surface area contributed by atoms with E-state index < -0.39 is 6.04 Å². The number of methoxy groups -OCH3 is 2. The third-order valence-electron chi connectivity index (χ3n) is 3.83. The van der Waals surface area contributed by atoms with E-state index in [0.29, 0.717) is 13.0 Å². The predicted molar refractivity (Wildman–Crippen MR) is 77.8 cm³/mol. The van der Waals surface area contributed by atoms with Crippen LogP contribution in [-0.4, -0.2) is 49.7 Å². The number of amides is 1. The van der Waals surface area contributed by atoms with Crippen LogP contribution in [0.5, 0.6) is 0 Å². The predicted octanol–water partition coefficient (Wildman–Crippen LogP) is 1.33. The molecule has 2 atom stereocenters. The number of ether oxygens (including phenoxy) is 2. The summed E-state index contributed by atoms with van der Waals surface area (Å²) < 4.78 is 10.1. The lowest BCUT2D eigenvalue weighted by Gasteiger charge is -2.22. The number of carbonyl (C=O) groups excluding carboxylic acids is 2. The monoisotopic (exact) mass is 291 g/mol. The summed E-state index contributed by atoms with van der Waals surface area (Å²) in [5, 5.41) is 0. The van der Waals surface area contributed by atoms with Crippen LogP contribution in [0, 0.1) is 6.92 Å². The normalized spacial score (nSPS) is 21.4. The number of nitrogens with zero attached hydrogens (tertiary/aromatic N) is 1. The molecule has 1 heterocycles. The van der Waals surface area contributed by atoms with E-state index in [1.807, 2.05) is 31.2 Å². The van der Waals surface area contributed by atoms with Crippen molar-refractivity contribution in [3.05, 3.63) is 35.4 Å². The van der Waals surface area contributed by atoms with Gasteiger partial charge in [0.05, 0.1) is 19.6 Å². The number of likely N-dealkylation sites (tertiary alicyclic amines) is 1. The number of benzene rings is 1. The van der Waals surface area contributed by atoms with Crippen molar-refractivity contribution in [2.75, 3.05) is 20.8 Å². The number of hydrogen-bond acceptors (Lipinski definition) is 4. The molecule has 0 radical (unpaired) electrons. The van der Waals surface area contributed by atoms with Gasteiger partial charge < -0.3 is 14.4 Å². The minimum Gasteiger partial charge on any atom is -0.467 e. The van der Waals surface area contributed by atoms with Gasteiger partial charge in [0.25, 0.3) is 0 Å². The van der Waals surface area contributed by atoms with Crippen LogP contribution in [0.3, 0.4) is 0 Å². The summed E-state index contributed by atoms with van der Waals surface area (Å²) >= 11 is 0. The van der Waals surface area contributed by atoms with Gasteiger partial charge in [-0.3, -0.25) is 4.79 Å². The molecule has 0 bridgehead atoms. The van der Waals surface area contributed by atoms with E-state index in [-0.39, 0.29) is 24.4 Å². The second kappa shape index (κ2) is 6.72. The maximum absolute atomic E-state index is 12.5. The highest BCUT2D eigenvalue weighted by atomic mass is 16.5. The van der Waals surface area contributed by atoms with E-state index >= 15 is 0 Å². The first-order valence-electron chi connectivity index (χ1n) is 7.00. The Labute approximate surface area is 124 Å². The third-order valence-corrected chi connectivity index (χ3v) is 3.83. The standard InChI is InChI=1S/C16H21NO4/c1-11-5-4-6-12(7-11)8-15(18)17-10-13(20-2)9-14(17)16(19)21-3/h4-7,13-14H,8-10H2,1-3H3/t13-,14+/m1/s1. The van der Waals surface area contributed by atoms with Crippen LogP contribution in [0.2, 0.25) is 0 Å². The van der Waals surface area contributed by atoms with Crippen molar-refractivity contribution < 1.29 is 19.1 Å². The first-order chi connectivity index (χ1) is 10.0. The van der Waals surface area contributed by atoms with Crippen molar-refractivity contribution in [1.29, 1.82) is 0 Å². The molecule has 1 fully saturated rings. The van der Waals surface area contributed by atoms with E-state index in [2.05, 4.69) is 0 Å². The highest BCUT2D eigenvalue weighted by Crippen LogP contribution is 2.22. The number of carbonyl (C=O) groups is 2. The zero-order valence-electron chi connectivity index (χ0n) is 12.7. The molecule has 0 N–H and O–H groups in total. The van der Waals surface area contributed by atoms with Gasteiger partial charge in [-0.2, -0.15) is 0 Å². The molecule has 1 aromatic rings. The van der Waals surface area contributed by atoms with Crippen LogP contribution in [0.4, 0.5) is 0 Å². The van der Waals surface area contributed by atoms with Crippen molar-refractivity contribution in [3.63, 3.8) is 0 Å². The summed E-state index contributed by atoms with van der Waals surface area (Å²) in [6.07, 6.45) is 0.657. The third kappa shape index (κ3) is 3.61. The van der Waals surface area contributed by atoms with E-state index in [1.165, 1.54) is 7.11 Å². The fourth-order valence-electron chi connectivity index (χ4n) is 2.70. The van der Waals surface area contributed by atoms with Crippen molar-refractivity contribution in [2.45, 2.75) is 31.9 Å². The minimum absolute atomic E-state index is 0.0736. The van der Waals surface area contributed by atoms with Crippen LogP contribution in [0.25, 0.3) is 0 Å². The van der Waals surface area contributed by atoms with E-state index in [9.17, 15) is 9.59 Å². The number of aryl methyl sites for hydroxylation is 1. The van der Waals surface area contributed by atoms with Gasteiger partial charge in [-0.05, 0) is 12.5 Å². The Balaban J connectivity index is 2.10. The SMILES string of the molecule is COC(=O)[C@@H]1C[C@@H](OC)CN1C(=O)Cc1cccc(C)c1. The fraction of sp³-hybridized carbons (Fsp3) is 0.500. The average Bonchev–Trinajstić information content (AvgIpc) is 2.91. The van der Waals surface area contributed by atoms with Crippen molar-refractivity contribution in [2.24, 2.45) is 0 Å². The Morgan fingerprint density at radius 1 is 1.33 bits per heavy atom. The number of hydrogen-bond donors (Lipinski definition) is 0. The molecule has 1 aliphatic heterocycles. The summed E-state index contributed by atoms with van der Waals surface area (Å²) in [5.74, 6) is -0.456. The Hall–Kier alpha value is -1.88. The largest absolute Gasteiger partial charge is 0.467 e. The summed E-state index contributed by atoms with van der Waals surface area (Å²) in [6, 6.07) is 7.27. The molecule has 21 heavy (non-hydrogen) atoms. The van der Waals surface area contributed by atoms with Gasteiger partial charge in [-0.1, -0.05) is 29.8 Å². The average molecular weight is 291 g/mol. The molecule has 1 aromatic carbocycles. The molecule has 2 rings (SSSR count). The van der Waals surface area contributed by atoms with Gasteiger partial charge in [0.15, 0.2) is 0 Å².